The molecular formula is C11H10N2O4. The molecule has 1 aromatic carbocycles. The number of carbonyl (C=O) groups excluding carboxylic acids is 1. The highest BCUT2D eigenvalue weighted by atomic mass is 16.6. The van der Waals surface area contributed by atoms with E-state index in [1.165, 1.54) is 13.2 Å². The Bertz CT molecular complexity index is 615. The lowest BCUT2D eigenvalue weighted by molar-refractivity contribution is -0.383. The van der Waals surface area contributed by atoms with Gasteiger partial charge in [-0.2, -0.15) is 0 Å². The number of non-ortho nitro benzene ring substituents is 1. The number of carbonyl (C=O) groups is 1. The first kappa shape index (κ1) is 11.1. The van der Waals surface area contributed by atoms with Crippen LogP contribution in [0.5, 0.6) is 0 Å². The molecule has 0 radical (unpaired) electrons. The number of benzene rings is 1. The zero-order valence-electron chi connectivity index (χ0n) is 9.31. The summed E-state index contributed by atoms with van der Waals surface area (Å²) in [6.07, 6.45) is 0. The van der Waals surface area contributed by atoms with Crippen LogP contribution in [0.15, 0.2) is 18.2 Å². The van der Waals surface area contributed by atoms with E-state index in [-0.39, 0.29) is 11.4 Å². The Balaban J connectivity index is 2.74. The van der Waals surface area contributed by atoms with E-state index in [1.54, 1.807) is 12.1 Å². The molecule has 0 atom stereocenters. The summed E-state index contributed by atoms with van der Waals surface area (Å²) in [4.78, 5) is 24.4. The first-order valence-corrected chi connectivity index (χ1v) is 4.89. The van der Waals surface area contributed by atoms with Gasteiger partial charge in [0.15, 0.2) is 0 Å². The zero-order valence-corrected chi connectivity index (χ0v) is 9.31. The van der Waals surface area contributed by atoms with Crippen molar-refractivity contribution in [3.63, 3.8) is 0 Å². The predicted octanol–water partition coefficient (Wildman–Crippen LogP) is 2.17. The van der Waals surface area contributed by atoms with Crippen molar-refractivity contribution in [3.05, 3.63) is 39.6 Å². The van der Waals surface area contributed by atoms with Gasteiger partial charge in [-0.15, -0.1) is 0 Å². The zero-order chi connectivity index (χ0) is 12.6. The van der Waals surface area contributed by atoms with Gasteiger partial charge in [0.25, 0.3) is 5.69 Å². The summed E-state index contributed by atoms with van der Waals surface area (Å²) in [5.74, 6) is -0.546. The molecule has 0 saturated heterocycles. The quantitative estimate of drug-likeness (QED) is 0.490. The van der Waals surface area contributed by atoms with Crippen LogP contribution in [-0.4, -0.2) is 23.0 Å². The second-order valence-corrected chi connectivity index (χ2v) is 3.62. The van der Waals surface area contributed by atoms with E-state index < -0.39 is 10.9 Å². The monoisotopic (exact) mass is 234 g/mol. The molecule has 0 amide bonds. The van der Waals surface area contributed by atoms with Crippen LogP contribution < -0.4 is 0 Å². The van der Waals surface area contributed by atoms with Gasteiger partial charge in [-0.25, -0.2) is 4.79 Å². The van der Waals surface area contributed by atoms with E-state index in [1.807, 2.05) is 6.92 Å². The van der Waals surface area contributed by atoms with Crippen LogP contribution in [0.25, 0.3) is 10.9 Å². The predicted molar refractivity (Wildman–Crippen MR) is 61.0 cm³/mol. The second kappa shape index (κ2) is 3.89. The third-order valence-corrected chi connectivity index (χ3v) is 2.59. The maximum Gasteiger partial charge on any atom is 0.354 e. The fourth-order valence-corrected chi connectivity index (χ4v) is 1.72. The summed E-state index contributed by atoms with van der Waals surface area (Å²) in [5.41, 5.74) is 1.35. The third-order valence-electron chi connectivity index (χ3n) is 2.59. The molecule has 1 N–H and O–H groups in total. The van der Waals surface area contributed by atoms with Gasteiger partial charge in [-0.1, -0.05) is 6.07 Å². The van der Waals surface area contributed by atoms with Crippen molar-refractivity contribution in [2.75, 3.05) is 7.11 Å². The number of fused-ring (bicyclic) bond motifs is 1. The van der Waals surface area contributed by atoms with Gasteiger partial charge in [0.2, 0.25) is 0 Å². The highest BCUT2D eigenvalue weighted by Crippen LogP contribution is 2.28. The van der Waals surface area contributed by atoms with Crippen molar-refractivity contribution in [3.8, 4) is 0 Å². The second-order valence-electron chi connectivity index (χ2n) is 3.62. The molecule has 0 spiro atoms. The van der Waals surface area contributed by atoms with Crippen molar-refractivity contribution in [2.24, 2.45) is 0 Å². The van der Waals surface area contributed by atoms with Gasteiger partial charge in [-0.3, -0.25) is 10.1 Å². The van der Waals surface area contributed by atoms with Gasteiger partial charge in [0.1, 0.15) is 11.2 Å². The molecule has 2 rings (SSSR count). The van der Waals surface area contributed by atoms with Crippen molar-refractivity contribution in [1.82, 2.24) is 4.98 Å². The van der Waals surface area contributed by atoms with Crippen LogP contribution in [0.3, 0.4) is 0 Å². The average molecular weight is 234 g/mol. The summed E-state index contributed by atoms with van der Waals surface area (Å²) in [7, 11) is 1.26. The Morgan fingerprint density at radius 2 is 2.18 bits per heavy atom. The first-order chi connectivity index (χ1) is 8.04. The minimum Gasteiger partial charge on any atom is -0.464 e. The van der Waals surface area contributed by atoms with Crippen LogP contribution in [0.4, 0.5) is 5.69 Å². The molecule has 88 valence electrons. The number of hydrogen-bond donors (Lipinski definition) is 1. The Kier molecular flexibility index (Phi) is 2.55. The number of aromatic amines is 1. The van der Waals surface area contributed by atoms with Crippen LogP contribution in [0.2, 0.25) is 0 Å². The minimum atomic E-state index is -0.546. The summed E-state index contributed by atoms with van der Waals surface area (Å²) < 4.78 is 4.57. The van der Waals surface area contributed by atoms with Crippen molar-refractivity contribution in [1.29, 1.82) is 0 Å². The number of nitrogens with one attached hydrogen (secondary N) is 1. The molecule has 0 fully saturated rings. The molecule has 1 heterocycles. The first-order valence-electron chi connectivity index (χ1n) is 4.89. The summed E-state index contributed by atoms with van der Waals surface area (Å²) >= 11 is 0. The molecule has 6 nitrogen and oxygen atoms in total. The molecular weight excluding hydrogens is 224 g/mol. The molecule has 0 aliphatic heterocycles. The van der Waals surface area contributed by atoms with Gasteiger partial charge in [0.05, 0.1) is 12.0 Å². The van der Waals surface area contributed by atoms with E-state index in [0.29, 0.717) is 10.9 Å². The Labute approximate surface area is 96.3 Å². The Morgan fingerprint density at radius 1 is 1.47 bits per heavy atom. The number of ether oxygens (including phenoxy) is 1. The molecule has 0 aliphatic rings. The van der Waals surface area contributed by atoms with Crippen molar-refractivity contribution < 1.29 is 14.5 Å². The number of H-pyrrole nitrogens is 1. The molecule has 0 bridgehead atoms. The van der Waals surface area contributed by atoms with E-state index >= 15 is 0 Å². The number of rotatable bonds is 2. The van der Waals surface area contributed by atoms with Crippen LogP contribution in [0, 0.1) is 17.0 Å². The molecule has 17 heavy (non-hydrogen) atoms. The maximum absolute atomic E-state index is 11.4. The van der Waals surface area contributed by atoms with Crippen LogP contribution in [0.1, 0.15) is 16.1 Å². The number of nitrogens with zero attached hydrogens (tertiary/aromatic N) is 1. The largest absolute Gasteiger partial charge is 0.464 e. The standard InChI is InChI=1S/C11H10N2O4/c1-6-3-4-9(13(15)16)10-7(6)5-8(12-10)11(14)17-2/h3-5,12H,1-2H3. The molecule has 0 saturated carbocycles. The Hall–Kier alpha value is -2.37. The fraction of sp³-hybridized carbons (Fsp3) is 0.182. The fourth-order valence-electron chi connectivity index (χ4n) is 1.72. The number of esters is 1. The smallest absolute Gasteiger partial charge is 0.354 e. The lowest BCUT2D eigenvalue weighted by atomic mass is 10.1. The molecule has 1 aromatic heterocycles. The summed E-state index contributed by atoms with van der Waals surface area (Å²) in [6, 6.07) is 4.62. The van der Waals surface area contributed by atoms with E-state index in [2.05, 4.69) is 9.72 Å². The summed E-state index contributed by atoms with van der Waals surface area (Å²) in [6.45, 7) is 1.82. The Morgan fingerprint density at radius 3 is 2.76 bits per heavy atom. The number of aromatic nitrogens is 1. The molecule has 0 unspecified atom stereocenters. The average Bonchev–Trinajstić information content (AvgIpc) is 2.73. The van der Waals surface area contributed by atoms with Gasteiger partial charge in [-0.05, 0) is 18.6 Å². The summed E-state index contributed by atoms with van der Waals surface area (Å²) in [5, 5.41) is 11.5. The molecule has 6 heteroatoms. The van der Waals surface area contributed by atoms with Gasteiger partial charge in [0, 0.05) is 11.5 Å². The topological polar surface area (TPSA) is 85.2 Å². The maximum atomic E-state index is 11.4. The number of hydrogen-bond acceptors (Lipinski definition) is 4. The van der Waals surface area contributed by atoms with Crippen molar-refractivity contribution >= 4 is 22.6 Å². The SMILES string of the molecule is COC(=O)c1cc2c(C)ccc([N+](=O)[O-])c2[nH]1. The number of methoxy groups -OCH3 is 1. The highest BCUT2D eigenvalue weighted by Gasteiger charge is 2.18. The number of aryl methyl sites for hydroxylation is 1. The van der Waals surface area contributed by atoms with Crippen LogP contribution >= 0.6 is 0 Å². The van der Waals surface area contributed by atoms with Gasteiger partial charge < -0.3 is 9.72 Å². The van der Waals surface area contributed by atoms with E-state index in [4.69, 9.17) is 0 Å². The lowest BCUT2D eigenvalue weighted by Gasteiger charge is -1.96. The number of nitro groups is 1. The normalized spacial score (nSPS) is 10.5. The highest BCUT2D eigenvalue weighted by molar-refractivity contribution is 5.99. The third kappa shape index (κ3) is 1.73. The number of nitro benzene ring substituents is 1. The minimum absolute atomic E-state index is 0.0549. The van der Waals surface area contributed by atoms with Gasteiger partial charge >= 0.3 is 5.97 Å². The lowest BCUT2D eigenvalue weighted by Crippen LogP contribution is -2.00. The van der Waals surface area contributed by atoms with Crippen LogP contribution in [-0.2, 0) is 4.74 Å². The molecule has 2 aromatic rings. The van der Waals surface area contributed by atoms with E-state index in [0.717, 1.165) is 5.56 Å². The molecule has 0 aliphatic carbocycles. The van der Waals surface area contributed by atoms with E-state index in [9.17, 15) is 14.9 Å². The van der Waals surface area contributed by atoms with Crippen molar-refractivity contribution in [2.45, 2.75) is 6.92 Å².